The first kappa shape index (κ1) is 59.8. The number of likely N-dealkylation sites (N-methyl/N-ethyl adjacent to an activating group) is 1. The summed E-state index contributed by atoms with van der Waals surface area (Å²) in [4.78, 5) is 18.6. The summed E-state index contributed by atoms with van der Waals surface area (Å²) in [6, 6.07) is 7.74. The van der Waals surface area contributed by atoms with E-state index in [1.54, 1.807) is 41.7 Å². The average Bonchev–Trinajstić information content (AvgIpc) is 3.96. The van der Waals surface area contributed by atoms with Gasteiger partial charge in [-0.1, -0.05) is 39.3 Å². The van der Waals surface area contributed by atoms with Crippen LogP contribution in [0.1, 0.15) is 139 Å². The van der Waals surface area contributed by atoms with Crippen LogP contribution in [-0.2, 0) is 33.2 Å². The molecule has 71 heavy (non-hydrogen) atoms. The van der Waals surface area contributed by atoms with E-state index >= 15 is 0 Å². The standard InChI is InChI=1S/C54H94N4O12S/c1-14-44-54(10,64)48(61)35(6)58(24-15-23-55-52(71)56-41-20-18-39(19-21-41)42-28-38-16-17-40(42)27-38)30-31(2)29-53(9,63)49(70-51-46(60)43(57(11)12)26-32(3)66-51)33(4)47(34(5)50(62)68-44)69-45(22-25-65-13)67-37(8)36(7)59/h18-21,31-38,40,42-49,51,59-61,63-64H,14-17,22-30H2,1-13H3,(H2,55,56,71)/t31-,32-,33+,34-,35-,36-,37+,38?,40?,42?,43+,44-,45+,46-,47+,48-,49-,51+,53-,54-/m1/s1. The van der Waals surface area contributed by atoms with Crippen LogP contribution in [0.3, 0.4) is 0 Å². The Hall–Kier alpha value is -2.10. The number of nitrogens with zero attached hydrogens (tertiary/aromatic N) is 2. The lowest BCUT2D eigenvalue weighted by Gasteiger charge is -2.47. The number of esters is 1. The van der Waals surface area contributed by atoms with Crippen LogP contribution in [0.2, 0.25) is 0 Å². The van der Waals surface area contributed by atoms with E-state index in [0.717, 1.165) is 17.5 Å². The summed E-state index contributed by atoms with van der Waals surface area (Å²) in [7, 11) is 5.34. The number of methoxy groups -OCH3 is 1. The largest absolute Gasteiger partial charge is 0.459 e. The maximum atomic E-state index is 14.6. The first-order chi connectivity index (χ1) is 33.4. The molecule has 0 aromatic heterocycles. The molecule has 20 atom stereocenters. The first-order valence-corrected chi connectivity index (χ1v) is 27.1. The molecule has 3 unspecified atom stereocenters. The van der Waals surface area contributed by atoms with Crippen molar-refractivity contribution < 1.29 is 58.7 Å². The lowest BCUT2D eigenvalue weighted by atomic mass is 9.77. The van der Waals surface area contributed by atoms with Crippen molar-refractivity contribution in [2.45, 2.75) is 218 Å². The average molecular weight is 1020 g/mol. The van der Waals surface area contributed by atoms with Gasteiger partial charge in [0, 0.05) is 56.9 Å². The Morgan fingerprint density at radius 1 is 1.03 bits per heavy atom. The third kappa shape index (κ3) is 15.7. The third-order valence-electron chi connectivity index (χ3n) is 16.4. The van der Waals surface area contributed by atoms with Gasteiger partial charge >= 0.3 is 5.97 Å². The molecule has 17 heteroatoms. The minimum Gasteiger partial charge on any atom is -0.459 e. The van der Waals surface area contributed by atoms with E-state index in [9.17, 15) is 30.3 Å². The highest BCUT2D eigenvalue weighted by Crippen LogP contribution is 2.53. The van der Waals surface area contributed by atoms with Crippen molar-refractivity contribution in [3.63, 3.8) is 0 Å². The van der Waals surface area contributed by atoms with Gasteiger partial charge in [0.1, 0.15) is 23.9 Å². The highest BCUT2D eigenvalue weighted by molar-refractivity contribution is 7.80. The number of cyclic esters (lactones) is 1. The monoisotopic (exact) mass is 1020 g/mol. The first-order valence-electron chi connectivity index (χ1n) is 26.7. The molecule has 408 valence electrons. The minimum atomic E-state index is -1.88. The SMILES string of the molecule is CC[C@H]1OC(=O)[C@H](C)[C@@H](O[C@@H](CCOC)O[C@@H](C)[C@@H](C)O)[C@H](C)[C@@H](O[C@@H]2O[C@H](C)C[C@H](N(C)C)[C@H]2O)[C@](C)(O)C[C@@H](C)CN(CCCNC(=S)Nc2ccc(C3CC4CCC3C4)cc2)[C@H](C)[C@@H](O)[C@]1(C)O. The van der Waals surface area contributed by atoms with Crippen LogP contribution in [0.5, 0.6) is 0 Å². The summed E-state index contributed by atoms with van der Waals surface area (Å²) in [5.41, 5.74) is -1.17. The molecular weight excluding hydrogens is 929 g/mol. The van der Waals surface area contributed by atoms with Crippen LogP contribution in [0.15, 0.2) is 24.3 Å². The van der Waals surface area contributed by atoms with E-state index < -0.39 is 90.4 Å². The summed E-state index contributed by atoms with van der Waals surface area (Å²) in [6.45, 7) is 19.3. The van der Waals surface area contributed by atoms with Crippen molar-refractivity contribution in [1.29, 1.82) is 0 Å². The molecule has 0 amide bonds. The van der Waals surface area contributed by atoms with Gasteiger partial charge in [-0.25, -0.2) is 0 Å². The fourth-order valence-electron chi connectivity index (χ4n) is 12.2. The molecule has 5 rings (SSSR count). The highest BCUT2D eigenvalue weighted by Gasteiger charge is 2.51. The van der Waals surface area contributed by atoms with Crippen molar-refractivity contribution in [1.82, 2.24) is 15.1 Å². The van der Waals surface area contributed by atoms with E-state index in [1.807, 2.05) is 46.7 Å². The Morgan fingerprint density at radius 2 is 1.72 bits per heavy atom. The van der Waals surface area contributed by atoms with Gasteiger partial charge in [0.25, 0.3) is 0 Å². The lowest BCUT2D eigenvalue weighted by molar-refractivity contribution is -0.306. The number of carbonyl (C=O) groups excluding carboxylic acids is 1. The van der Waals surface area contributed by atoms with Gasteiger partial charge in [-0.3, -0.25) is 9.69 Å². The van der Waals surface area contributed by atoms with E-state index in [2.05, 4.69) is 39.8 Å². The van der Waals surface area contributed by atoms with E-state index in [-0.39, 0.29) is 43.9 Å². The van der Waals surface area contributed by atoms with Crippen LogP contribution < -0.4 is 10.6 Å². The molecule has 7 N–H and O–H groups in total. The lowest BCUT2D eigenvalue weighted by Crippen LogP contribution is -2.59. The summed E-state index contributed by atoms with van der Waals surface area (Å²) >= 11 is 5.73. The number of hydrogen-bond donors (Lipinski definition) is 7. The normalized spacial score (nSPS) is 39.0. The summed E-state index contributed by atoms with van der Waals surface area (Å²) in [5.74, 6) is -0.414. The smallest absolute Gasteiger partial charge is 0.311 e. The maximum absolute atomic E-state index is 14.6. The van der Waals surface area contributed by atoms with Gasteiger partial charge in [0.05, 0.1) is 48.6 Å². The molecule has 4 aliphatic rings. The topological polar surface area (TPSA) is 204 Å². The number of ether oxygens (including phenoxy) is 6. The highest BCUT2D eigenvalue weighted by atomic mass is 32.1. The summed E-state index contributed by atoms with van der Waals surface area (Å²) in [5, 5.41) is 66.8. The number of aliphatic hydroxyl groups excluding tert-OH is 3. The van der Waals surface area contributed by atoms with Gasteiger partial charge in [-0.2, -0.15) is 0 Å². The Kier molecular flexibility index (Phi) is 22.4. The van der Waals surface area contributed by atoms with Gasteiger partial charge in [-0.15, -0.1) is 0 Å². The van der Waals surface area contributed by atoms with Crippen molar-refractivity contribution in [2.75, 3.05) is 52.8 Å². The Labute approximate surface area is 431 Å². The zero-order chi connectivity index (χ0) is 52.5. The second kappa shape index (κ2) is 26.6. The van der Waals surface area contributed by atoms with Crippen molar-refractivity contribution in [3.05, 3.63) is 29.8 Å². The molecular formula is C54H94N4O12S. The van der Waals surface area contributed by atoms with Crippen LogP contribution in [0, 0.1) is 29.6 Å². The van der Waals surface area contributed by atoms with Gasteiger partial charge < -0.3 is 69.5 Å². The summed E-state index contributed by atoms with van der Waals surface area (Å²) in [6.07, 6.45) is -2.45. The number of anilines is 1. The van der Waals surface area contributed by atoms with Crippen LogP contribution in [0.25, 0.3) is 0 Å². The molecule has 2 aliphatic carbocycles. The van der Waals surface area contributed by atoms with E-state index in [1.165, 1.54) is 38.2 Å². The molecule has 2 heterocycles. The van der Waals surface area contributed by atoms with Crippen LogP contribution in [-0.4, -0.2) is 179 Å². The fourth-order valence-corrected chi connectivity index (χ4v) is 12.4. The Morgan fingerprint density at radius 3 is 2.31 bits per heavy atom. The van der Waals surface area contributed by atoms with Crippen LogP contribution in [0.4, 0.5) is 5.69 Å². The fraction of sp³-hybridized carbons (Fsp3) is 0.852. The second-order valence-electron chi connectivity index (χ2n) is 22.7. The maximum Gasteiger partial charge on any atom is 0.311 e. The predicted octanol–water partition coefficient (Wildman–Crippen LogP) is 5.80. The van der Waals surface area contributed by atoms with Crippen LogP contribution >= 0.6 is 12.2 Å². The van der Waals surface area contributed by atoms with Crippen molar-refractivity contribution >= 4 is 29.0 Å². The molecule has 0 spiro atoms. The van der Waals surface area contributed by atoms with Crippen molar-refractivity contribution in [2.24, 2.45) is 29.6 Å². The molecule has 1 aromatic rings. The molecule has 2 saturated heterocycles. The molecule has 2 bridgehead atoms. The minimum absolute atomic E-state index is 0.187. The molecule has 0 radical (unpaired) electrons. The number of benzene rings is 1. The number of fused-ring (bicyclic) bond motifs is 2. The summed E-state index contributed by atoms with van der Waals surface area (Å²) < 4.78 is 37.8. The van der Waals surface area contributed by atoms with E-state index in [4.69, 9.17) is 40.6 Å². The third-order valence-corrected chi connectivity index (χ3v) is 16.7. The number of thiocarbonyl (C=S) groups is 1. The molecule has 2 saturated carbocycles. The molecule has 4 fully saturated rings. The number of carbonyl (C=O) groups is 1. The zero-order valence-corrected chi connectivity index (χ0v) is 46.1. The number of hydrogen-bond acceptors (Lipinski definition) is 15. The zero-order valence-electron chi connectivity index (χ0n) is 45.3. The molecule has 1 aromatic carbocycles. The predicted molar refractivity (Wildman–Crippen MR) is 279 cm³/mol. The van der Waals surface area contributed by atoms with E-state index in [0.29, 0.717) is 43.5 Å². The Balaban J connectivity index is 1.42. The number of rotatable bonds is 18. The number of nitrogens with one attached hydrogen (secondary N) is 2. The van der Waals surface area contributed by atoms with Gasteiger partial charge in [0.15, 0.2) is 17.7 Å². The van der Waals surface area contributed by atoms with Gasteiger partial charge in [-0.05, 0) is 161 Å². The Bertz CT molecular complexity index is 1790. The van der Waals surface area contributed by atoms with Gasteiger partial charge in [0.2, 0.25) is 0 Å². The van der Waals surface area contributed by atoms with Crippen molar-refractivity contribution in [3.8, 4) is 0 Å². The molecule has 16 nitrogen and oxygen atoms in total. The molecule has 2 aliphatic heterocycles. The number of aliphatic hydroxyl groups is 5. The second-order valence-corrected chi connectivity index (χ2v) is 23.1. The quantitative estimate of drug-likeness (QED) is 0.0402.